The van der Waals surface area contributed by atoms with Gasteiger partial charge in [0.2, 0.25) is 0 Å². The van der Waals surface area contributed by atoms with E-state index in [1.165, 1.54) is 6.07 Å². The molecule has 1 aromatic carbocycles. The first-order valence-corrected chi connectivity index (χ1v) is 3.56. The molecule has 0 spiro atoms. The van der Waals surface area contributed by atoms with Gasteiger partial charge in [-0.15, -0.1) is 0 Å². The minimum atomic E-state index is -0.591. The second-order valence-corrected chi connectivity index (χ2v) is 2.87. The number of rotatable bonds is 0. The fraction of sp³-hybridized carbons (Fsp3) is 0.250. The van der Waals surface area contributed by atoms with Crippen molar-refractivity contribution in [1.29, 1.82) is 0 Å². The normalized spacial score (nSPS) is 10.2. The Balaban J connectivity index is 3.46. The van der Waals surface area contributed by atoms with Crippen LogP contribution in [0, 0.1) is 19.7 Å². The molecule has 3 heteroatoms. The van der Waals surface area contributed by atoms with Crippen LogP contribution in [0.5, 0.6) is 5.75 Å². The van der Waals surface area contributed by atoms with Crippen molar-refractivity contribution in [3.8, 4) is 5.75 Å². The molecule has 0 amide bonds. The summed E-state index contributed by atoms with van der Waals surface area (Å²) in [5, 5.41) is 9.50. The van der Waals surface area contributed by atoms with E-state index in [0.717, 1.165) is 0 Å². The van der Waals surface area contributed by atoms with Crippen molar-refractivity contribution in [2.24, 2.45) is 0 Å². The molecule has 11 heavy (non-hydrogen) atoms. The lowest BCUT2D eigenvalue weighted by molar-refractivity contribution is 0.426. The highest BCUT2D eigenvalue weighted by Crippen LogP contribution is 2.29. The van der Waals surface area contributed by atoms with Crippen LogP contribution in [0.25, 0.3) is 0 Å². The van der Waals surface area contributed by atoms with Gasteiger partial charge in [0.1, 0.15) is 0 Å². The number of halogens is 2. The molecule has 0 aromatic heterocycles. The van der Waals surface area contributed by atoms with Crippen LogP contribution in [0.3, 0.4) is 0 Å². The molecule has 0 aliphatic heterocycles. The number of phenolic OH excluding ortho intramolecular Hbond substituents is 1. The summed E-state index contributed by atoms with van der Waals surface area (Å²) in [5.41, 5.74) is 0.743. The van der Waals surface area contributed by atoms with Gasteiger partial charge in [-0.2, -0.15) is 0 Å². The van der Waals surface area contributed by atoms with Crippen molar-refractivity contribution in [3.63, 3.8) is 0 Å². The molecule has 0 unspecified atom stereocenters. The maximum Gasteiger partial charge on any atom is 0.168 e. The summed E-state index contributed by atoms with van der Waals surface area (Å²) in [5.74, 6) is -0.943. The fourth-order valence-electron chi connectivity index (χ4n) is 0.826. The highest BCUT2D eigenvalue weighted by Gasteiger charge is 2.10. The third-order valence-corrected chi connectivity index (χ3v) is 2.00. The minimum Gasteiger partial charge on any atom is -0.505 e. The van der Waals surface area contributed by atoms with Crippen LogP contribution >= 0.6 is 11.6 Å². The molecule has 0 bridgehead atoms. The van der Waals surface area contributed by atoms with Gasteiger partial charge in [-0.05, 0) is 25.5 Å². The molecule has 1 rings (SSSR count). The van der Waals surface area contributed by atoms with E-state index < -0.39 is 5.82 Å². The summed E-state index contributed by atoms with van der Waals surface area (Å²) >= 11 is 5.66. The van der Waals surface area contributed by atoms with Gasteiger partial charge in [-0.3, -0.25) is 0 Å². The van der Waals surface area contributed by atoms with E-state index >= 15 is 0 Å². The molecule has 0 atom stereocenters. The zero-order chi connectivity index (χ0) is 8.59. The van der Waals surface area contributed by atoms with E-state index in [2.05, 4.69) is 0 Å². The van der Waals surface area contributed by atoms with Gasteiger partial charge in [0.05, 0.1) is 0 Å². The van der Waals surface area contributed by atoms with Crippen molar-refractivity contribution >= 4 is 11.6 Å². The molecule has 0 saturated heterocycles. The summed E-state index contributed by atoms with van der Waals surface area (Å²) in [7, 11) is 0. The lowest BCUT2D eigenvalue weighted by Crippen LogP contribution is -1.87. The molecule has 0 aliphatic rings. The summed E-state index contributed by atoms with van der Waals surface area (Å²) in [6, 6.07) is 1.49. The molecule has 0 aliphatic carbocycles. The van der Waals surface area contributed by atoms with Gasteiger partial charge in [0.15, 0.2) is 11.6 Å². The predicted molar refractivity (Wildman–Crippen MR) is 42.5 cm³/mol. The second kappa shape index (κ2) is 2.70. The summed E-state index contributed by atoms with van der Waals surface area (Å²) in [6.45, 7) is 3.13. The van der Waals surface area contributed by atoms with E-state index in [1.54, 1.807) is 13.8 Å². The van der Waals surface area contributed by atoms with Crippen molar-refractivity contribution < 1.29 is 9.50 Å². The first-order chi connectivity index (χ1) is 5.04. The Labute approximate surface area is 69.4 Å². The van der Waals surface area contributed by atoms with Crippen LogP contribution in [-0.4, -0.2) is 5.11 Å². The molecule has 60 valence electrons. The van der Waals surface area contributed by atoms with E-state index in [1.807, 2.05) is 0 Å². The molecule has 1 N–H and O–H groups in total. The number of aryl methyl sites for hydroxylation is 1. The van der Waals surface area contributed by atoms with Crippen LogP contribution in [0.2, 0.25) is 5.02 Å². The Morgan fingerprint density at radius 1 is 1.45 bits per heavy atom. The van der Waals surface area contributed by atoms with Crippen LogP contribution in [0.15, 0.2) is 6.07 Å². The summed E-state index contributed by atoms with van der Waals surface area (Å²) < 4.78 is 12.9. The standard InChI is InChI=1S/C8H8ClFO/c1-4-3-6(9)5(2)8(11)7(4)10/h3,11H,1-2H3. The van der Waals surface area contributed by atoms with E-state index in [-0.39, 0.29) is 5.75 Å². The SMILES string of the molecule is Cc1cc(Cl)c(C)c(O)c1F. The maximum absolute atomic E-state index is 12.9. The number of hydrogen-bond acceptors (Lipinski definition) is 1. The Morgan fingerprint density at radius 3 is 2.55 bits per heavy atom. The number of phenols is 1. The van der Waals surface area contributed by atoms with Crippen molar-refractivity contribution in [2.45, 2.75) is 13.8 Å². The van der Waals surface area contributed by atoms with Gasteiger partial charge >= 0.3 is 0 Å². The summed E-state index contributed by atoms with van der Waals surface area (Å²) in [4.78, 5) is 0. The first-order valence-electron chi connectivity index (χ1n) is 3.18. The largest absolute Gasteiger partial charge is 0.505 e. The lowest BCUT2D eigenvalue weighted by Gasteiger charge is -2.04. The maximum atomic E-state index is 12.9. The zero-order valence-corrected chi connectivity index (χ0v) is 7.04. The molecule has 0 heterocycles. The monoisotopic (exact) mass is 174 g/mol. The lowest BCUT2D eigenvalue weighted by atomic mass is 10.1. The van der Waals surface area contributed by atoms with E-state index in [9.17, 15) is 4.39 Å². The van der Waals surface area contributed by atoms with Gasteiger partial charge in [0.25, 0.3) is 0 Å². The minimum absolute atomic E-state index is 0.352. The van der Waals surface area contributed by atoms with Crippen LogP contribution < -0.4 is 0 Å². The van der Waals surface area contributed by atoms with Crippen LogP contribution in [0.1, 0.15) is 11.1 Å². The Bertz CT molecular complexity index is 270. The van der Waals surface area contributed by atoms with Crippen molar-refractivity contribution in [1.82, 2.24) is 0 Å². The average molecular weight is 175 g/mol. The Kier molecular flexibility index (Phi) is 2.05. The third-order valence-electron chi connectivity index (χ3n) is 1.61. The van der Waals surface area contributed by atoms with Gasteiger partial charge < -0.3 is 5.11 Å². The zero-order valence-electron chi connectivity index (χ0n) is 6.28. The summed E-state index contributed by atoms with van der Waals surface area (Å²) in [6.07, 6.45) is 0. The van der Waals surface area contributed by atoms with Gasteiger partial charge in [-0.25, -0.2) is 4.39 Å². The first kappa shape index (κ1) is 8.34. The van der Waals surface area contributed by atoms with E-state index in [4.69, 9.17) is 16.7 Å². The molecule has 0 fully saturated rings. The average Bonchev–Trinajstić information content (AvgIpc) is 1.97. The van der Waals surface area contributed by atoms with Crippen molar-refractivity contribution in [3.05, 3.63) is 28.0 Å². The quantitative estimate of drug-likeness (QED) is 0.641. The van der Waals surface area contributed by atoms with Crippen molar-refractivity contribution in [2.75, 3.05) is 0 Å². The van der Waals surface area contributed by atoms with E-state index in [0.29, 0.717) is 16.1 Å². The second-order valence-electron chi connectivity index (χ2n) is 2.46. The third kappa shape index (κ3) is 1.31. The van der Waals surface area contributed by atoms with Gasteiger partial charge in [0, 0.05) is 10.6 Å². The Morgan fingerprint density at radius 2 is 2.00 bits per heavy atom. The topological polar surface area (TPSA) is 20.2 Å². The molecular formula is C8H8ClFO. The molecule has 0 saturated carbocycles. The fourth-order valence-corrected chi connectivity index (χ4v) is 1.08. The number of aromatic hydroxyl groups is 1. The van der Waals surface area contributed by atoms with Crippen LogP contribution in [0.4, 0.5) is 4.39 Å². The smallest absolute Gasteiger partial charge is 0.168 e. The predicted octanol–water partition coefficient (Wildman–Crippen LogP) is 2.80. The molecule has 1 aromatic rings. The molecular weight excluding hydrogens is 167 g/mol. The van der Waals surface area contributed by atoms with Crippen LogP contribution in [-0.2, 0) is 0 Å². The Hall–Kier alpha value is -0.760. The number of benzene rings is 1. The molecule has 1 nitrogen and oxygen atoms in total. The molecule has 0 radical (unpaired) electrons. The number of hydrogen-bond donors (Lipinski definition) is 1. The highest BCUT2D eigenvalue weighted by molar-refractivity contribution is 6.31. The van der Waals surface area contributed by atoms with Gasteiger partial charge in [-0.1, -0.05) is 11.6 Å². The highest BCUT2D eigenvalue weighted by atomic mass is 35.5.